The van der Waals surface area contributed by atoms with Crippen molar-refractivity contribution in [3.05, 3.63) is 35.2 Å². The summed E-state index contributed by atoms with van der Waals surface area (Å²) in [6.45, 7) is 10.0. The van der Waals surface area contributed by atoms with Gasteiger partial charge in [-0.15, -0.1) is 11.3 Å². The summed E-state index contributed by atoms with van der Waals surface area (Å²) in [5.41, 5.74) is 1.12. The average molecular weight is 334 g/mol. The van der Waals surface area contributed by atoms with Crippen LogP contribution in [-0.2, 0) is 0 Å². The molecule has 0 saturated heterocycles. The third kappa shape index (κ3) is 4.83. The fourth-order valence-corrected chi connectivity index (χ4v) is 3.13. The quantitative estimate of drug-likeness (QED) is 0.469. The van der Waals surface area contributed by atoms with Gasteiger partial charge in [-0.05, 0) is 30.4 Å². The van der Waals surface area contributed by atoms with Crippen molar-refractivity contribution in [1.82, 2.24) is 0 Å². The molecule has 1 heterocycles. The van der Waals surface area contributed by atoms with Crippen LogP contribution in [-0.4, -0.2) is 20.0 Å². The van der Waals surface area contributed by atoms with Crippen LogP contribution in [0, 0.1) is 0 Å². The fraction of sp³-hybridized carbons (Fsp3) is 0.421. The summed E-state index contributed by atoms with van der Waals surface area (Å²) >= 11 is 1.50. The van der Waals surface area contributed by atoms with E-state index in [4.69, 9.17) is 9.47 Å². The zero-order chi connectivity index (χ0) is 17.4. The lowest BCUT2D eigenvalue weighted by atomic mass is 10.1. The van der Waals surface area contributed by atoms with Crippen LogP contribution < -0.4 is 9.47 Å². The largest absolute Gasteiger partial charge is 0.493 e. The highest BCUT2D eigenvalue weighted by Gasteiger charge is 2.13. The van der Waals surface area contributed by atoms with E-state index in [1.54, 1.807) is 14.2 Å². The van der Waals surface area contributed by atoms with Crippen molar-refractivity contribution in [2.24, 2.45) is 0 Å². The standard InChI is InChI=1S/C17H20O3S.C2H6/c1-5-11(2)6-7-13(18)17-9-12-8-14(19-3)15(20-4)10-16(12)21-17;1-2/h8-10H,2,5-7H2,1,3-4H3;1-2H3. The molecule has 3 nitrogen and oxygen atoms in total. The zero-order valence-electron chi connectivity index (χ0n) is 14.7. The van der Waals surface area contributed by atoms with E-state index >= 15 is 0 Å². The molecule has 0 bridgehead atoms. The number of methoxy groups -OCH3 is 2. The lowest BCUT2D eigenvalue weighted by Crippen LogP contribution is -1.96. The van der Waals surface area contributed by atoms with Crippen LogP contribution in [0.3, 0.4) is 0 Å². The number of ketones is 1. The van der Waals surface area contributed by atoms with Crippen molar-refractivity contribution in [3.8, 4) is 11.5 Å². The molecule has 126 valence electrons. The van der Waals surface area contributed by atoms with Gasteiger partial charge in [0.2, 0.25) is 0 Å². The van der Waals surface area contributed by atoms with Crippen LogP contribution in [0.15, 0.2) is 30.4 Å². The average Bonchev–Trinajstić information content (AvgIpc) is 3.02. The van der Waals surface area contributed by atoms with Crippen LogP contribution in [0.4, 0.5) is 0 Å². The number of Topliss-reactive ketones (excluding diaryl/α,β-unsaturated/α-hetero) is 1. The molecule has 23 heavy (non-hydrogen) atoms. The van der Waals surface area contributed by atoms with Crippen LogP contribution in [0.5, 0.6) is 11.5 Å². The van der Waals surface area contributed by atoms with E-state index in [0.29, 0.717) is 17.9 Å². The minimum absolute atomic E-state index is 0.170. The van der Waals surface area contributed by atoms with Gasteiger partial charge in [0.25, 0.3) is 0 Å². The van der Waals surface area contributed by atoms with Crippen molar-refractivity contribution in [2.75, 3.05) is 14.2 Å². The van der Waals surface area contributed by atoms with Gasteiger partial charge in [0.15, 0.2) is 17.3 Å². The Hall–Kier alpha value is -1.81. The van der Waals surface area contributed by atoms with E-state index in [-0.39, 0.29) is 5.78 Å². The van der Waals surface area contributed by atoms with Crippen molar-refractivity contribution in [1.29, 1.82) is 0 Å². The van der Waals surface area contributed by atoms with E-state index in [1.165, 1.54) is 11.3 Å². The molecule has 0 spiro atoms. The molecule has 0 atom stereocenters. The Morgan fingerprint density at radius 1 is 1.09 bits per heavy atom. The van der Waals surface area contributed by atoms with Crippen LogP contribution in [0.1, 0.15) is 49.7 Å². The van der Waals surface area contributed by atoms with Gasteiger partial charge in [-0.3, -0.25) is 4.79 Å². The summed E-state index contributed by atoms with van der Waals surface area (Å²) in [5.74, 6) is 1.54. The molecule has 0 N–H and O–H groups in total. The number of fused-ring (bicyclic) bond motifs is 1. The first-order chi connectivity index (χ1) is 11.1. The Morgan fingerprint density at radius 3 is 2.26 bits per heavy atom. The van der Waals surface area contributed by atoms with E-state index < -0.39 is 0 Å². The first-order valence-electron chi connectivity index (χ1n) is 7.94. The Morgan fingerprint density at radius 2 is 1.70 bits per heavy atom. The van der Waals surface area contributed by atoms with E-state index in [9.17, 15) is 4.79 Å². The molecular weight excluding hydrogens is 308 g/mol. The topological polar surface area (TPSA) is 35.5 Å². The minimum atomic E-state index is 0.170. The summed E-state index contributed by atoms with van der Waals surface area (Å²) in [6, 6.07) is 5.76. The van der Waals surface area contributed by atoms with Crippen LogP contribution in [0.25, 0.3) is 10.1 Å². The molecule has 4 heteroatoms. The smallest absolute Gasteiger partial charge is 0.173 e. The van der Waals surface area contributed by atoms with Gasteiger partial charge < -0.3 is 9.47 Å². The molecule has 2 aromatic rings. The third-order valence-corrected chi connectivity index (χ3v) is 4.64. The first-order valence-corrected chi connectivity index (χ1v) is 8.76. The molecular formula is C19H26O3S. The van der Waals surface area contributed by atoms with Crippen molar-refractivity contribution in [2.45, 2.75) is 40.0 Å². The predicted octanol–water partition coefficient (Wildman–Crippen LogP) is 5.87. The Labute approximate surface area is 142 Å². The second-order valence-corrected chi connectivity index (χ2v) is 5.97. The first kappa shape index (κ1) is 19.2. The summed E-state index contributed by atoms with van der Waals surface area (Å²) in [7, 11) is 3.22. The molecule has 1 aromatic carbocycles. The lowest BCUT2D eigenvalue weighted by Gasteiger charge is -2.06. The molecule has 0 aliphatic rings. The molecule has 0 radical (unpaired) electrons. The Bertz CT molecular complexity index is 630. The number of thiophene rings is 1. The predicted molar refractivity (Wildman–Crippen MR) is 99.3 cm³/mol. The summed E-state index contributed by atoms with van der Waals surface area (Å²) < 4.78 is 11.6. The van der Waals surface area contributed by atoms with Gasteiger partial charge >= 0.3 is 0 Å². The van der Waals surface area contributed by atoms with Gasteiger partial charge in [-0.1, -0.05) is 32.9 Å². The number of rotatable bonds is 7. The summed E-state index contributed by atoms with van der Waals surface area (Å²) in [4.78, 5) is 13.0. The minimum Gasteiger partial charge on any atom is -0.493 e. The third-order valence-electron chi connectivity index (χ3n) is 3.50. The number of carbonyl (C=O) groups excluding carboxylic acids is 1. The number of benzene rings is 1. The highest BCUT2D eigenvalue weighted by Crippen LogP contribution is 2.36. The van der Waals surface area contributed by atoms with E-state index in [1.807, 2.05) is 32.0 Å². The van der Waals surface area contributed by atoms with Crippen LogP contribution in [0.2, 0.25) is 0 Å². The van der Waals surface area contributed by atoms with Crippen LogP contribution >= 0.6 is 11.3 Å². The molecule has 0 unspecified atom stereocenters. The highest BCUT2D eigenvalue weighted by atomic mass is 32.1. The fourth-order valence-electron chi connectivity index (χ4n) is 2.09. The Balaban J connectivity index is 0.00000127. The maximum atomic E-state index is 12.3. The van der Waals surface area contributed by atoms with Gasteiger partial charge in [0, 0.05) is 17.2 Å². The van der Waals surface area contributed by atoms with Gasteiger partial charge in [0.1, 0.15) is 0 Å². The van der Waals surface area contributed by atoms with Crippen molar-refractivity contribution in [3.63, 3.8) is 0 Å². The Kier molecular flexibility index (Phi) is 7.83. The zero-order valence-corrected chi connectivity index (χ0v) is 15.5. The maximum absolute atomic E-state index is 12.3. The number of allylic oxidation sites excluding steroid dienone is 1. The maximum Gasteiger partial charge on any atom is 0.173 e. The molecule has 2 rings (SSSR count). The second-order valence-electron chi connectivity index (χ2n) is 4.88. The normalized spacial score (nSPS) is 9.96. The van der Waals surface area contributed by atoms with E-state index in [2.05, 4.69) is 13.5 Å². The summed E-state index contributed by atoms with van der Waals surface area (Å²) in [6.07, 6.45) is 2.21. The van der Waals surface area contributed by atoms with Gasteiger partial charge in [-0.25, -0.2) is 0 Å². The van der Waals surface area contributed by atoms with Gasteiger partial charge in [0.05, 0.1) is 19.1 Å². The highest BCUT2D eigenvalue weighted by molar-refractivity contribution is 7.20. The summed E-state index contributed by atoms with van der Waals surface area (Å²) in [5, 5.41) is 1.01. The van der Waals surface area contributed by atoms with E-state index in [0.717, 1.165) is 33.4 Å². The number of carbonyl (C=O) groups is 1. The molecule has 1 aromatic heterocycles. The second kappa shape index (κ2) is 9.36. The SMILES string of the molecule is C=C(CC)CCC(=O)c1cc2cc(OC)c(OC)cc2s1.CC. The van der Waals surface area contributed by atoms with Crippen molar-refractivity contribution >= 4 is 27.2 Å². The monoisotopic (exact) mass is 334 g/mol. The van der Waals surface area contributed by atoms with Gasteiger partial charge in [-0.2, -0.15) is 0 Å². The molecule has 0 aliphatic heterocycles. The molecule has 0 saturated carbocycles. The number of ether oxygens (including phenoxy) is 2. The molecule has 0 amide bonds. The molecule has 0 fully saturated rings. The number of hydrogen-bond donors (Lipinski definition) is 0. The molecule has 0 aliphatic carbocycles. The lowest BCUT2D eigenvalue weighted by molar-refractivity contribution is 0.0986. The van der Waals surface area contributed by atoms with Crippen molar-refractivity contribution < 1.29 is 14.3 Å². The number of hydrogen-bond acceptors (Lipinski definition) is 4.